The number of amides is 4. The summed E-state index contributed by atoms with van der Waals surface area (Å²) in [5.74, 6) is 0.0596. The maximum Gasteiger partial charge on any atom is 0.322 e. The Morgan fingerprint density at radius 2 is 1.82 bits per heavy atom. The SMILES string of the molecule is CN1C(=O)N[C@H](c2ccc(F)cc2)C2=C1CN(CC(=O)N1CCN(c3ccccn3)CC1)C2=O. The molecule has 34 heavy (non-hydrogen) atoms. The number of nitrogens with one attached hydrogen (secondary N) is 1. The molecule has 0 radical (unpaired) electrons. The molecule has 4 amide bonds. The average Bonchev–Trinajstić information content (AvgIpc) is 3.18. The van der Waals surface area contributed by atoms with Crippen LogP contribution >= 0.6 is 0 Å². The first-order chi connectivity index (χ1) is 16.4. The van der Waals surface area contributed by atoms with Crippen LogP contribution in [0, 0.1) is 5.82 Å². The highest BCUT2D eigenvalue weighted by Gasteiger charge is 2.43. The molecule has 1 aromatic carbocycles. The van der Waals surface area contributed by atoms with E-state index in [0.717, 1.165) is 5.82 Å². The summed E-state index contributed by atoms with van der Waals surface area (Å²) in [5, 5.41) is 2.81. The number of halogens is 1. The van der Waals surface area contributed by atoms with Crippen LogP contribution in [0.15, 0.2) is 59.9 Å². The quantitative estimate of drug-likeness (QED) is 0.738. The standard InChI is InChI=1S/C24H25FN6O3/c1-28-18-14-31(15-20(32)30-12-10-29(11-13-30)19-4-2-3-9-26-19)23(33)21(18)22(27-24(28)34)16-5-7-17(25)8-6-16/h2-9,22H,10-15H2,1H3,(H,27,34)/t22-/m1/s1. The van der Waals surface area contributed by atoms with Gasteiger partial charge in [0.05, 0.1) is 23.9 Å². The largest absolute Gasteiger partial charge is 0.353 e. The highest BCUT2D eigenvalue weighted by molar-refractivity contribution is 6.02. The van der Waals surface area contributed by atoms with E-state index in [0.29, 0.717) is 43.0 Å². The average molecular weight is 465 g/mol. The number of urea groups is 1. The van der Waals surface area contributed by atoms with Gasteiger partial charge in [-0.3, -0.25) is 14.5 Å². The van der Waals surface area contributed by atoms with Crippen LogP contribution in [0.5, 0.6) is 0 Å². The minimum atomic E-state index is -0.686. The second-order valence-electron chi connectivity index (χ2n) is 8.57. The molecule has 4 heterocycles. The molecule has 1 atom stereocenters. The Morgan fingerprint density at radius 3 is 2.50 bits per heavy atom. The van der Waals surface area contributed by atoms with Crippen molar-refractivity contribution in [1.82, 2.24) is 25.0 Å². The van der Waals surface area contributed by atoms with Gasteiger partial charge >= 0.3 is 6.03 Å². The van der Waals surface area contributed by atoms with Crippen LogP contribution < -0.4 is 10.2 Å². The summed E-state index contributed by atoms with van der Waals surface area (Å²) in [4.78, 5) is 50.0. The van der Waals surface area contributed by atoms with Gasteiger partial charge in [0.1, 0.15) is 18.2 Å². The highest BCUT2D eigenvalue weighted by Crippen LogP contribution is 2.35. The molecule has 1 aromatic heterocycles. The van der Waals surface area contributed by atoms with Crippen LogP contribution in [0.3, 0.4) is 0 Å². The fraction of sp³-hybridized carbons (Fsp3) is 0.333. The highest BCUT2D eigenvalue weighted by atomic mass is 19.1. The second-order valence-corrected chi connectivity index (χ2v) is 8.57. The Hall–Kier alpha value is -3.95. The molecule has 0 bridgehead atoms. The predicted octanol–water partition coefficient (Wildman–Crippen LogP) is 1.36. The Bertz CT molecular complexity index is 1150. The molecule has 1 fully saturated rings. The van der Waals surface area contributed by atoms with Gasteiger partial charge in [0, 0.05) is 39.4 Å². The number of anilines is 1. The fourth-order valence-corrected chi connectivity index (χ4v) is 4.65. The van der Waals surface area contributed by atoms with Crippen molar-refractivity contribution in [3.05, 3.63) is 71.3 Å². The van der Waals surface area contributed by atoms with Crippen LogP contribution in [0.25, 0.3) is 0 Å². The molecule has 0 saturated carbocycles. The van der Waals surface area contributed by atoms with Crippen molar-refractivity contribution in [2.45, 2.75) is 6.04 Å². The number of hydrogen-bond acceptors (Lipinski definition) is 5. The monoisotopic (exact) mass is 464 g/mol. The van der Waals surface area contributed by atoms with E-state index < -0.39 is 11.9 Å². The third-order valence-electron chi connectivity index (χ3n) is 6.57. The maximum atomic E-state index is 13.4. The van der Waals surface area contributed by atoms with Gasteiger partial charge in [-0.15, -0.1) is 0 Å². The number of carbonyl (C=O) groups excluding carboxylic acids is 3. The number of benzene rings is 1. The van der Waals surface area contributed by atoms with Crippen molar-refractivity contribution in [1.29, 1.82) is 0 Å². The maximum absolute atomic E-state index is 13.4. The first-order valence-electron chi connectivity index (χ1n) is 11.2. The van der Waals surface area contributed by atoms with Crippen molar-refractivity contribution in [2.75, 3.05) is 51.2 Å². The van der Waals surface area contributed by atoms with E-state index >= 15 is 0 Å². The smallest absolute Gasteiger partial charge is 0.322 e. The molecule has 3 aliphatic heterocycles. The van der Waals surface area contributed by atoms with E-state index in [1.165, 1.54) is 21.9 Å². The Labute approximate surface area is 196 Å². The topological polar surface area (TPSA) is 89.1 Å². The zero-order valence-electron chi connectivity index (χ0n) is 18.8. The molecule has 10 heteroatoms. The number of aromatic nitrogens is 1. The number of piperazine rings is 1. The first-order valence-corrected chi connectivity index (χ1v) is 11.2. The lowest BCUT2D eigenvalue weighted by atomic mass is 9.96. The normalized spacial score (nSPS) is 20.6. The van der Waals surface area contributed by atoms with E-state index in [1.54, 1.807) is 30.3 Å². The molecule has 176 valence electrons. The van der Waals surface area contributed by atoms with Crippen LogP contribution in [0.1, 0.15) is 11.6 Å². The molecule has 0 aliphatic carbocycles. The molecular weight excluding hydrogens is 439 g/mol. The number of rotatable bonds is 4. The van der Waals surface area contributed by atoms with E-state index in [2.05, 4.69) is 15.2 Å². The zero-order chi connectivity index (χ0) is 23.8. The third-order valence-corrected chi connectivity index (χ3v) is 6.57. The van der Waals surface area contributed by atoms with Crippen molar-refractivity contribution in [3.63, 3.8) is 0 Å². The van der Waals surface area contributed by atoms with Gasteiger partial charge in [0.2, 0.25) is 5.91 Å². The molecule has 9 nitrogen and oxygen atoms in total. The second kappa shape index (κ2) is 8.77. The van der Waals surface area contributed by atoms with Gasteiger partial charge in [-0.1, -0.05) is 18.2 Å². The summed E-state index contributed by atoms with van der Waals surface area (Å²) in [7, 11) is 1.60. The Morgan fingerprint density at radius 1 is 1.09 bits per heavy atom. The van der Waals surface area contributed by atoms with E-state index in [9.17, 15) is 18.8 Å². The van der Waals surface area contributed by atoms with Gasteiger partial charge in [-0.25, -0.2) is 14.2 Å². The van der Waals surface area contributed by atoms with Gasteiger partial charge in [0.15, 0.2) is 0 Å². The van der Waals surface area contributed by atoms with E-state index in [-0.39, 0.29) is 30.9 Å². The Balaban J connectivity index is 1.27. The van der Waals surface area contributed by atoms with Crippen LogP contribution in [0.2, 0.25) is 0 Å². The number of carbonyl (C=O) groups is 3. The van der Waals surface area contributed by atoms with Gasteiger partial charge in [-0.2, -0.15) is 0 Å². The zero-order valence-corrected chi connectivity index (χ0v) is 18.8. The molecule has 5 rings (SSSR count). The molecular formula is C24H25FN6O3. The van der Waals surface area contributed by atoms with E-state index in [4.69, 9.17) is 0 Å². The number of pyridine rings is 1. The molecule has 1 N–H and O–H groups in total. The lowest BCUT2D eigenvalue weighted by Crippen LogP contribution is -2.51. The van der Waals surface area contributed by atoms with Gasteiger partial charge in [-0.05, 0) is 29.8 Å². The van der Waals surface area contributed by atoms with Crippen LogP contribution in [-0.4, -0.2) is 83.8 Å². The fourth-order valence-electron chi connectivity index (χ4n) is 4.65. The van der Waals surface area contributed by atoms with Crippen molar-refractivity contribution in [3.8, 4) is 0 Å². The first kappa shape index (κ1) is 21.9. The van der Waals surface area contributed by atoms with Crippen LogP contribution in [-0.2, 0) is 9.59 Å². The Kier molecular flexibility index (Phi) is 5.64. The molecule has 1 saturated heterocycles. The summed E-state index contributed by atoms with van der Waals surface area (Å²) in [6.45, 7) is 2.53. The minimum absolute atomic E-state index is 0.0619. The number of likely N-dealkylation sites (N-methyl/N-ethyl adjacent to an activating group) is 1. The molecule has 2 aromatic rings. The van der Waals surface area contributed by atoms with Crippen molar-refractivity contribution >= 4 is 23.7 Å². The van der Waals surface area contributed by atoms with Gasteiger partial charge in [0.25, 0.3) is 5.91 Å². The summed E-state index contributed by atoms with van der Waals surface area (Å²) in [6.07, 6.45) is 1.75. The number of nitrogens with zero attached hydrogens (tertiary/aromatic N) is 5. The number of hydrogen-bond donors (Lipinski definition) is 1. The van der Waals surface area contributed by atoms with Crippen LogP contribution in [0.4, 0.5) is 15.0 Å². The lowest BCUT2D eigenvalue weighted by Gasteiger charge is -2.36. The molecule has 0 unspecified atom stereocenters. The van der Waals surface area contributed by atoms with Crippen molar-refractivity contribution in [2.24, 2.45) is 0 Å². The van der Waals surface area contributed by atoms with E-state index in [1.807, 2.05) is 18.2 Å². The lowest BCUT2D eigenvalue weighted by molar-refractivity contribution is -0.137. The van der Waals surface area contributed by atoms with Crippen molar-refractivity contribution < 1.29 is 18.8 Å². The third kappa shape index (κ3) is 3.95. The molecule has 0 spiro atoms. The summed E-state index contributed by atoms with van der Waals surface area (Å²) >= 11 is 0. The predicted molar refractivity (Wildman–Crippen MR) is 122 cm³/mol. The summed E-state index contributed by atoms with van der Waals surface area (Å²) in [6, 6.07) is 10.4. The van der Waals surface area contributed by atoms with Gasteiger partial charge < -0.3 is 20.0 Å². The summed E-state index contributed by atoms with van der Waals surface area (Å²) < 4.78 is 13.4. The minimum Gasteiger partial charge on any atom is -0.353 e. The molecule has 3 aliphatic rings. The summed E-state index contributed by atoms with van der Waals surface area (Å²) in [5.41, 5.74) is 1.60.